The van der Waals surface area contributed by atoms with Crippen LogP contribution in [-0.4, -0.2) is 44.1 Å². The van der Waals surface area contributed by atoms with Gasteiger partial charge < -0.3 is 15.5 Å². The molecule has 1 aromatic carbocycles. The average Bonchev–Trinajstić information content (AvgIpc) is 2.54. The van der Waals surface area contributed by atoms with Gasteiger partial charge in [-0.3, -0.25) is 4.99 Å². The van der Waals surface area contributed by atoms with E-state index in [0.717, 1.165) is 44.1 Å². The Morgan fingerprint density at radius 1 is 1.17 bits per heavy atom. The highest BCUT2D eigenvalue weighted by atomic mass is 127. The maximum absolute atomic E-state index is 13.1. The van der Waals surface area contributed by atoms with E-state index < -0.39 is 0 Å². The van der Waals surface area contributed by atoms with E-state index in [4.69, 9.17) is 0 Å². The van der Waals surface area contributed by atoms with Gasteiger partial charge in [0, 0.05) is 20.1 Å². The molecular formula is C17H30FIN4. The Kier molecular flexibility index (Phi) is 13.0. The number of unbranched alkanes of at least 4 members (excludes halogenated alkanes) is 1. The van der Waals surface area contributed by atoms with E-state index >= 15 is 0 Å². The predicted molar refractivity (Wildman–Crippen MR) is 107 cm³/mol. The second-order valence-electron chi connectivity index (χ2n) is 5.22. The molecule has 1 aromatic rings. The molecule has 132 valence electrons. The largest absolute Gasteiger partial charge is 0.356 e. The second kappa shape index (κ2) is 13.5. The van der Waals surface area contributed by atoms with Crippen LogP contribution in [0.3, 0.4) is 0 Å². The molecule has 0 aliphatic carbocycles. The van der Waals surface area contributed by atoms with Gasteiger partial charge in [0.2, 0.25) is 0 Å². The van der Waals surface area contributed by atoms with Gasteiger partial charge in [0.05, 0.1) is 0 Å². The summed E-state index contributed by atoms with van der Waals surface area (Å²) >= 11 is 0. The van der Waals surface area contributed by atoms with Crippen molar-refractivity contribution in [3.63, 3.8) is 0 Å². The molecular weight excluding hydrogens is 406 g/mol. The van der Waals surface area contributed by atoms with Gasteiger partial charge in [0.15, 0.2) is 5.96 Å². The average molecular weight is 436 g/mol. The van der Waals surface area contributed by atoms with Crippen molar-refractivity contribution in [1.29, 1.82) is 0 Å². The number of hydrogen-bond acceptors (Lipinski definition) is 2. The minimum absolute atomic E-state index is 0. The number of nitrogens with zero attached hydrogens (tertiary/aromatic N) is 2. The monoisotopic (exact) mass is 436 g/mol. The molecule has 0 aliphatic rings. The number of guanidine groups is 1. The lowest BCUT2D eigenvalue weighted by Gasteiger charge is -2.18. The molecule has 0 saturated carbocycles. The first kappa shape index (κ1) is 22.1. The molecule has 0 fully saturated rings. The summed E-state index contributed by atoms with van der Waals surface area (Å²) in [5.74, 6) is 0.547. The first-order valence-electron chi connectivity index (χ1n) is 8.10. The normalized spacial score (nSPS) is 11.3. The van der Waals surface area contributed by atoms with Crippen LogP contribution < -0.4 is 10.6 Å². The van der Waals surface area contributed by atoms with Crippen molar-refractivity contribution in [3.05, 3.63) is 35.6 Å². The molecule has 0 spiro atoms. The van der Waals surface area contributed by atoms with Crippen molar-refractivity contribution in [1.82, 2.24) is 15.5 Å². The van der Waals surface area contributed by atoms with E-state index in [1.54, 1.807) is 13.1 Å². The van der Waals surface area contributed by atoms with Crippen molar-refractivity contribution in [2.24, 2.45) is 4.99 Å². The van der Waals surface area contributed by atoms with Crippen LogP contribution in [0.2, 0.25) is 0 Å². The van der Waals surface area contributed by atoms with E-state index in [1.165, 1.54) is 18.6 Å². The zero-order valence-electron chi connectivity index (χ0n) is 14.4. The third kappa shape index (κ3) is 9.76. The van der Waals surface area contributed by atoms with Crippen molar-refractivity contribution in [3.8, 4) is 0 Å². The topological polar surface area (TPSA) is 39.7 Å². The predicted octanol–water partition coefficient (Wildman–Crippen LogP) is 3.23. The third-order valence-electron chi connectivity index (χ3n) is 3.66. The van der Waals surface area contributed by atoms with E-state index in [1.807, 2.05) is 6.07 Å². The summed E-state index contributed by atoms with van der Waals surface area (Å²) in [6.07, 6.45) is 2.28. The third-order valence-corrected chi connectivity index (χ3v) is 3.66. The molecule has 6 heteroatoms. The lowest BCUT2D eigenvalue weighted by molar-refractivity contribution is 0.297. The van der Waals surface area contributed by atoms with Crippen LogP contribution in [0, 0.1) is 5.82 Å². The molecule has 0 aliphatic heterocycles. The van der Waals surface area contributed by atoms with Gasteiger partial charge in [0.1, 0.15) is 5.82 Å². The van der Waals surface area contributed by atoms with Crippen molar-refractivity contribution in [2.75, 3.05) is 33.2 Å². The fourth-order valence-corrected chi connectivity index (χ4v) is 2.26. The maximum atomic E-state index is 13.1. The van der Waals surface area contributed by atoms with E-state index in [0.29, 0.717) is 6.54 Å². The van der Waals surface area contributed by atoms with Gasteiger partial charge in [0.25, 0.3) is 0 Å². The Hall–Kier alpha value is -0.890. The molecule has 23 heavy (non-hydrogen) atoms. The Labute approximate surface area is 157 Å². The van der Waals surface area contributed by atoms with Gasteiger partial charge >= 0.3 is 0 Å². The van der Waals surface area contributed by atoms with Crippen LogP contribution in [0.25, 0.3) is 0 Å². The van der Waals surface area contributed by atoms with Gasteiger partial charge in [-0.25, -0.2) is 4.39 Å². The zero-order valence-corrected chi connectivity index (χ0v) is 16.8. The van der Waals surface area contributed by atoms with Crippen molar-refractivity contribution < 1.29 is 4.39 Å². The minimum atomic E-state index is -0.210. The highest BCUT2D eigenvalue weighted by Gasteiger charge is 2.01. The molecule has 0 radical (unpaired) electrons. The lowest BCUT2D eigenvalue weighted by atomic mass is 10.2. The molecule has 0 amide bonds. The number of hydrogen-bond donors (Lipinski definition) is 2. The summed E-state index contributed by atoms with van der Waals surface area (Å²) < 4.78 is 13.1. The summed E-state index contributed by atoms with van der Waals surface area (Å²) in [7, 11) is 1.75. The second-order valence-corrected chi connectivity index (χ2v) is 5.22. The fraction of sp³-hybridized carbons (Fsp3) is 0.588. The summed E-state index contributed by atoms with van der Waals surface area (Å²) in [5.41, 5.74) is 0.907. The smallest absolute Gasteiger partial charge is 0.191 e. The summed E-state index contributed by atoms with van der Waals surface area (Å²) in [5, 5.41) is 6.49. The molecule has 0 saturated heterocycles. The number of aliphatic imine (C=N–C) groups is 1. The van der Waals surface area contributed by atoms with Crippen molar-refractivity contribution in [2.45, 2.75) is 33.2 Å². The van der Waals surface area contributed by atoms with Crippen LogP contribution >= 0.6 is 24.0 Å². The van der Waals surface area contributed by atoms with Crippen LogP contribution in [0.5, 0.6) is 0 Å². The van der Waals surface area contributed by atoms with E-state index in [9.17, 15) is 4.39 Å². The quantitative estimate of drug-likeness (QED) is 0.270. The Balaban J connectivity index is 0.00000484. The molecule has 0 aromatic heterocycles. The van der Waals surface area contributed by atoms with Gasteiger partial charge in [-0.1, -0.05) is 26.0 Å². The Bertz CT molecular complexity index is 450. The molecule has 1 rings (SSSR count). The number of rotatable bonds is 9. The highest BCUT2D eigenvalue weighted by Crippen LogP contribution is 2.02. The molecule has 0 heterocycles. The van der Waals surface area contributed by atoms with Gasteiger partial charge in [-0.2, -0.15) is 0 Å². The Morgan fingerprint density at radius 3 is 2.52 bits per heavy atom. The zero-order chi connectivity index (χ0) is 16.2. The van der Waals surface area contributed by atoms with Gasteiger partial charge in [-0.15, -0.1) is 24.0 Å². The first-order chi connectivity index (χ1) is 10.7. The Morgan fingerprint density at radius 2 is 1.91 bits per heavy atom. The van der Waals surface area contributed by atoms with E-state index in [-0.39, 0.29) is 29.8 Å². The fourth-order valence-electron chi connectivity index (χ4n) is 2.26. The van der Waals surface area contributed by atoms with Crippen molar-refractivity contribution >= 4 is 29.9 Å². The summed E-state index contributed by atoms with van der Waals surface area (Å²) in [6.45, 7) is 9.21. The summed E-state index contributed by atoms with van der Waals surface area (Å²) in [4.78, 5) is 6.61. The van der Waals surface area contributed by atoms with E-state index in [2.05, 4.69) is 34.4 Å². The van der Waals surface area contributed by atoms with Crippen LogP contribution in [0.15, 0.2) is 29.3 Å². The number of benzene rings is 1. The first-order valence-corrected chi connectivity index (χ1v) is 8.10. The molecule has 0 bridgehead atoms. The SMILES string of the molecule is CCN(CC)CCCCNC(=NC)NCc1cccc(F)c1.I. The number of halogens is 2. The lowest BCUT2D eigenvalue weighted by Crippen LogP contribution is -2.37. The van der Waals surface area contributed by atoms with Crippen LogP contribution in [0.4, 0.5) is 4.39 Å². The molecule has 0 atom stereocenters. The minimum Gasteiger partial charge on any atom is -0.356 e. The number of nitrogens with one attached hydrogen (secondary N) is 2. The molecule has 4 nitrogen and oxygen atoms in total. The molecule has 2 N–H and O–H groups in total. The maximum Gasteiger partial charge on any atom is 0.191 e. The highest BCUT2D eigenvalue weighted by molar-refractivity contribution is 14.0. The van der Waals surface area contributed by atoms with Gasteiger partial charge in [-0.05, 0) is 50.2 Å². The van der Waals surface area contributed by atoms with Crippen LogP contribution in [0.1, 0.15) is 32.3 Å². The molecule has 0 unspecified atom stereocenters. The van der Waals surface area contributed by atoms with Crippen LogP contribution in [-0.2, 0) is 6.54 Å². The standard InChI is InChI=1S/C17H29FN4.HI/c1-4-22(5-2)12-7-6-11-20-17(19-3)21-14-15-9-8-10-16(18)13-15;/h8-10,13H,4-7,11-12,14H2,1-3H3,(H2,19,20,21);1H. The summed E-state index contributed by atoms with van der Waals surface area (Å²) in [6, 6.07) is 6.60.